The third kappa shape index (κ3) is 2.59. The SMILES string of the molecule is C[C@@H]1OC(C#Cc2ccccc2)O[C@@H]1C. The normalized spacial score (nSPS) is 29.6. The highest BCUT2D eigenvalue weighted by Gasteiger charge is 2.27. The van der Waals surface area contributed by atoms with E-state index in [4.69, 9.17) is 9.47 Å². The summed E-state index contributed by atoms with van der Waals surface area (Å²) < 4.78 is 11.0. The molecule has 0 saturated carbocycles. The van der Waals surface area contributed by atoms with Crippen LogP contribution in [0.3, 0.4) is 0 Å². The number of ether oxygens (including phenoxy) is 2. The monoisotopic (exact) mass is 202 g/mol. The van der Waals surface area contributed by atoms with Crippen LogP contribution in [0.1, 0.15) is 19.4 Å². The van der Waals surface area contributed by atoms with Gasteiger partial charge >= 0.3 is 0 Å². The Morgan fingerprint density at radius 1 is 1.00 bits per heavy atom. The fourth-order valence-corrected chi connectivity index (χ4v) is 1.38. The van der Waals surface area contributed by atoms with Crippen molar-refractivity contribution in [2.75, 3.05) is 0 Å². The molecule has 2 rings (SSSR count). The summed E-state index contributed by atoms with van der Waals surface area (Å²) in [4.78, 5) is 0. The zero-order valence-electron chi connectivity index (χ0n) is 8.94. The van der Waals surface area contributed by atoms with Crippen LogP contribution in [0.5, 0.6) is 0 Å². The number of hydrogen-bond donors (Lipinski definition) is 0. The lowest BCUT2D eigenvalue weighted by Crippen LogP contribution is -2.13. The van der Waals surface area contributed by atoms with Crippen molar-refractivity contribution in [3.63, 3.8) is 0 Å². The van der Waals surface area contributed by atoms with Gasteiger partial charge in [0.25, 0.3) is 0 Å². The molecule has 3 atom stereocenters. The van der Waals surface area contributed by atoms with Crippen molar-refractivity contribution in [2.45, 2.75) is 32.3 Å². The first kappa shape index (κ1) is 10.2. The van der Waals surface area contributed by atoms with Gasteiger partial charge in [0, 0.05) is 5.56 Å². The first-order valence-corrected chi connectivity index (χ1v) is 5.13. The van der Waals surface area contributed by atoms with Gasteiger partial charge in [-0.3, -0.25) is 0 Å². The molecule has 2 heteroatoms. The number of benzene rings is 1. The van der Waals surface area contributed by atoms with E-state index >= 15 is 0 Å². The van der Waals surface area contributed by atoms with Crippen molar-refractivity contribution in [3.8, 4) is 11.8 Å². The summed E-state index contributed by atoms with van der Waals surface area (Å²) in [5.41, 5.74) is 0.983. The topological polar surface area (TPSA) is 18.5 Å². The second kappa shape index (κ2) is 4.48. The summed E-state index contributed by atoms with van der Waals surface area (Å²) in [6.45, 7) is 3.99. The lowest BCUT2D eigenvalue weighted by molar-refractivity contribution is -0.0167. The molecule has 78 valence electrons. The van der Waals surface area contributed by atoms with Gasteiger partial charge in [-0.2, -0.15) is 0 Å². The smallest absolute Gasteiger partial charge is 0.223 e. The molecule has 0 bridgehead atoms. The van der Waals surface area contributed by atoms with Crippen LogP contribution in [-0.4, -0.2) is 18.5 Å². The van der Waals surface area contributed by atoms with Gasteiger partial charge in [0.2, 0.25) is 6.29 Å². The predicted molar refractivity (Wildman–Crippen MR) is 58.2 cm³/mol. The molecule has 0 N–H and O–H groups in total. The van der Waals surface area contributed by atoms with Crippen molar-refractivity contribution in [3.05, 3.63) is 35.9 Å². The highest BCUT2D eigenvalue weighted by molar-refractivity contribution is 5.34. The van der Waals surface area contributed by atoms with E-state index in [1.54, 1.807) is 0 Å². The van der Waals surface area contributed by atoms with E-state index < -0.39 is 0 Å². The summed E-state index contributed by atoms with van der Waals surface area (Å²) in [5, 5.41) is 0. The molecular formula is C13H14O2. The van der Waals surface area contributed by atoms with Crippen LogP contribution < -0.4 is 0 Å². The summed E-state index contributed by atoms with van der Waals surface area (Å²) in [7, 11) is 0. The highest BCUT2D eigenvalue weighted by Crippen LogP contribution is 2.17. The standard InChI is InChI=1S/C13H14O2/c1-10-11(2)15-13(14-10)9-8-12-6-4-3-5-7-12/h3-7,10-11,13H,1-2H3/t10-,11+,13?. The van der Waals surface area contributed by atoms with E-state index in [0.717, 1.165) is 5.56 Å². The minimum absolute atomic E-state index is 0.125. The largest absolute Gasteiger partial charge is 0.336 e. The summed E-state index contributed by atoms with van der Waals surface area (Å²) in [5.74, 6) is 5.99. The van der Waals surface area contributed by atoms with Crippen molar-refractivity contribution in [1.29, 1.82) is 0 Å². The van der Waals surface area contributed by atoms with E-state index in [1.165, 1.54) is 0 Å². The zero-order chi connectivity index (χ0) is 10.7. The van der Waals surface area contributed by atoms with Gasteiger partial charge in [-0.05, 0) is 31.9 Å². The molecule has 0 amide bonds. The molecule has 1 aromatic carbocycles. The Morgan fingerprint density at radius 2 is 1.60 bits per heavy atom. The van der Waals surface area contributed by atoms with E-state index in [2.05, 4.69) is 11.8 Å². The third-order valence-corrected chi connectivity index (χ3v) is 2.45. The molecule has 1 aliphatic heterocycles. The fraction of sp³-hybridized carbons (Fsp3) is 0.385. The van der Waals surface area contributed by atoms with Gasteiger partial charge in [0.05, 0.1) is 12.2 Å². The Labute approximate surface area is 90.2 Å². The highest BCUT2D eigenvalue weighted by atomic mass is 16.7. The minimum Gasteiger partial charge on any atom is -0.336 e. The quantitative estimate of drug-likeness (QED) is 0.600. The van der Waals surface area contributed by atoms with Crippen LogP contribution in [0.2, 0.25) is 0 Å². The number of hydrogen-bond acceptors (Lipinski definition) is 2. The summed E-state index contributed by atoms with van der Waals surface area (Å²) >= 11 is 0. The van der Waals surface area contributed by atoms with Crippen LogP contribution >= 0.6 is 0 Å². The molecule has 15 heavy (non-hydrogen) atoms. The van der Waals surface area contributed by atoms with E-state index in [9.17, 15) is 0 Å². The maximum Gasteiger partial charge on any atom is 0.223 e. The molecule has 1 unspecified atom stereocenters. The van der Waals surface area contributed by atoms with Crippen molar-refractivity contribution in [1.82, 2.24) is 0 Å². The average molecular weight is 202 g/mol. The molecule has 1 aromatic rings. The second-order valence-electron chi connectivity index (χ2n) is 3.65. The molecule has 2 nitrogen and oxygen atoms in total. The molecule has 0 aliphatic carbocycles. The van der Waals surface area contributed by atoms with Crippen molar-refractivity contribution < 1.29 is 9.47 Å². The van der Waals surface area contributed by atoms with Crippen LogP contribution in [0.4, 0.5) is 0 Å². The molecule has 1 fully saturated rings. The number of rotatable bonds is 0. The Hall–Kier alpha value is -1.30. The average Bonchev–Trinajstić information content (AvgIpc) is 2.57. The Kier molecular flexibility index (Phi) is 3.05. The molecule has 1 aliphatic rings. The molecular weight excluding hydrogens is 188 g/mol. The lowest BCUT2D eigenvalue weighted by Gasteiger charge is -2.01. The molecule has 0 spiro atoms. The summed E-state index contributed by atoms with van der Waals surface area (Å²) in [6, 6.07) is 9.83. The van der Waals surface area contributed by atoms with Crippen molar-refractivity contribution in [2.24, 2.45) is 0 Å². The van der Waals surface area contributed by atoms with Crippen LogP contribution in [0.15, 0.2) is 30.3 Å². The molecule has 0 radical (unpaired) electrons. The predicted octanol–water partition coefficient (Wildman–Crippen LogP) is 2.19. The Bertz CT molecular complexity index is 365. The molecule has 1 heterocycles. The van der Waals surface area contributed by atoms with Crippen molar-refractivity contribution >= 4 is 0 Å². The van der Waals surface area contributed by atoms with E-state index in [-0.39, 0.29) is 18.5 Å². The minimum atomic E-state index is -0.379. The van der Waals surface area contributed by atoms with Gasteiger partial charge in [0.15, 0.2) is 0 Å². The van der Waals surface area contributed by atoms with Gasteiger partial charge in [-0.1, -0.05) is 24.1 Å². The zero-order valence-corrected chi connectivity index (χ0v) is 8.94. The first-order chi connectivity index (χ1) is 7.25. The second-order valence-corrected chi connectivity index (χ2v) is 3.65. The molecule has 0 aromatic heterocycles. The Balaban J connectivity index is 2.02. The van der Waals surface area contributed by atoms with Gasteiger partial charge in [-0.25, -0.2) is 0 Å². The summed E-state index contributed by atoms with van der Waals surface area (Å²) in [6.07, 6.45) is -0.129. The van der Waals surface area contributed by atoms with E-state index in [1.807, 2.05) is 44.2 Å². The maximum atomic E-state index is 5.50. The Morgan fingerprint density at radius 3 is 2.20 bits per heavy atom. The first-order valence-electron chi connectivity index (χ1n) is 5.13. The third-order valence-electron chi connectivity index (χ3n) is 2.45. The van der Waals surface area contributed by atoms with E-state index in [0.29, 0.717) is 0 Å². The van der Waals surface area contributed by atoms with Gasteiger partial charge < -0.3 is 9.47 Å². The molecule has 1 saturated heterocycles. The maximum absolute atomic E-state index is 5.50. The van der Waals surface area contributed by atoms with Crippen LogP contribution in [0.25, 0.3) is 0 Å². The lowest BCUT2D eigenvalue weighted by atomic mass is 10.2. The van der Waals surface area contributed by atoms with Gasteiger partial charge in [-0.15, -0.1) is 0 Å². The fourth-order valence-electron chi connectivity index (χ4n) is 1.38. The van der Waals surface area contributed by atoms with Crippen LogP contribution in [-0.2, 0) is 9.47 Å². The van der Waals surface area contributed by atoms with Crippen LogP contribution in [0, 0.1) is 11.8 Å². The van der Waals surface area contributed by atoms with Gasteiger partial charge in [0.1, 0.15) is 0 Å².